The predicted molar refractivity (Wildman–Crippen MR) is 70.9 cm³/mol. The van der Waals surface area contributed by atoms with Gasteiger partial charge < -0.3 is 9.80 Å². The summed E-state index contributed by atoms with van der Waals surface area (Å²) in [5, 5.41) is 0. The lowest BCUT2D eigenvalue weighted by Crippen LogP contribution is -2.29. The van der Waals surface area contributed by atoms with Crippen molar-refractivity contribution in [3.63, 3.8) is 0 Å². The van der Waals surface area contributed by atoms with E-state index < -0.39 is 0 Å². The summed E-state index contributed by atoms with van der Waals surface area (Å²) in [4.78, 5) is 15.8. The number of rotatable bonds is 2. The molecule has 2 rings (SSSR count). The van der Waals surface area contributed by atoms with Gasteiger partial charge in [-0.2, -0.15) is 0 Å². The first-order valence-electron chi connectivity index (χ1n) is 6.20. The molecule has 1 aliphatic rings. The van der Waals surface area contributed by atoms with Gasteiger partial charge in [0, 0.05) is 30.9 Å². The number of nitrogens with zero attached hydrogens (tertiary/aromatic N) is 2. The van der Waals surface area contributed by atoms with E-state index in [4.69, 9.17) is 0 Å². The zero-order valence-electron chi connectivity index (χ0n) is 10.6. The van der Waals surface area contributed by atoms with E-state index in [1.54, 1.807) is 0 Å². The Balaban J connectivity index is 2.23. The van der Waals surface area contributed by atoms with E-state index in [0.717, 1.165) is 55.7 Å². The molecule has 0 aromatic heterocycles. The molecule has 0 N–H and O–H groups in total. The van der Waals surface area contributed by atoms with Crippen molar-refractivity contribution in [2.24, 2.45) is 0 Å². The molecule has 1 aromatic rings. The molecule has 0 saturated carbocycles. The van der Waals surface area contributed by atoms with Crippen LogP contribution < -0.4 is 4.90 Å². The molecule has 3 nitrogen and oxygen atoms in total. The average Bonchev–Trinajstić information content (AvgIpc) is 2.54. The van der Waals surface area contributed by atoms with Crippen molar-refractivity contribution in [2.45, 2.75) is 13.3 Å². The second-order valence-corrected chi connectivity index (χ2v) is 4.82. The van der Waals surface area contributed by atoms with Gasteiger partial charge in [-0.15, -0.1) is 0 Å². The molecule has 0 amide bonds. The number of anilines is 1. The van der Waals surface area contributed by atoms with E-state index >= 15 is 0 Å². The maximum Gasteiger partial charge on any atom is 0.152 e. The summed E-state index contributed by atoms with van der Waals surface area (Å²) in [5.41, 5.74) is 3.04. The Labute approximate surface area is 103 Å². The van der Waals surface area contributed by atoms with Crippen LogP contribution in [-0.2, 0) is 0 Å². The molecule has 1 fully saturated rings. The number of carbonyl (C=O) groups is 1. The Morgan fingerprint density at radius 3 is 2.76 bits per heavy atom. The van der Waals surface area contributed by atoms with Crippen LogP contribution in [0.5, 0.6) is 0 Å². The second-order valence-electron chi connectivity index (χ2n) is 4.82. The molecule has 1 saturated heterocycles. The Morgan fingerprint density at radius 1 is 1.18 bits per heavy atom. The zero-order valence-corrected chi connectivity index (χ0v) is 10.6. The molecule has 1 aromatic carbocycles. The van der Waals surface area contributed by atoms with E-state index in [9.17, 15) is 4.79 Å². The van der Waals surface area contributed by atoms with Crippen molar-refractivity contribution in [1.29, 1.82) is 0 Å². The van der Waals surface area contributed by atoms with Gasteiger partial charge in [0.1, 0.15) is 0 Å². The number of hydrogen-bond donors (Lipinski definition) is 0. The summed E-state index contributed by atoms with van der Waals surface area (Å²) in [5.74, 6) is 0. The number of carbonyl (C=O) groups excluding carboxylic acids is 1. The zero-order chi connectivity index (χ0) is 12.3. The maximum atomic E-state index is 11.1. The van der Waals surface area contributed by atoms with Crippen molar-refractivity contribution in [2.75, 3.05) is 38.1 Å². The Bertz CT molecular complexity index is 403. The number of aryl methyl sites for hydroxylation is 1. The monoisotopic (exact) mass is 232 g/mol. The van der Waals surface area contributed by atoms with Gasteiger partial charge in [-0.1, -0.05) is 11.6 Å². The lowest BCUT2D eigenvalue weighted by atomic mass is 10.1. The highest BCUT2D eigenvalue weighted by molar-refractivity contribution is 5.85. The van der Waals surface area contributed by atoms with Crippen LogP contribution in [0.1, 0.15) is 22.3 Å². The Kier molecular flexibility index (Phi) is 3.79. The summed E-state index contributed by atoms with van der Waals surface area (Å²) in [6.07, 6.45) is 2.12. The molecular weight excluding hydrogens is 212 g/mol. The normalized spacial score (nSPS) is 17.9. The third kappa shape index (κ3) is 2.86. The van der Waals surface area contributed by atoms with Crippen LogP contribution in [-0.4, -0.2) is 44.4 Å². The largest absolute Gasteiger partial charge is 0.370 e. The Hall–Kier alpha value is -1.35. The number of benzene rings is 1. The fourth-order valence-electron chi connectivity index (χ4n) is 2.34. The van der Waals surface area contributed by atoms with Gasteiger partial charge in [-0.05, 0) is 39.1 Å². The van der Waals surface area contributed by atoms with Crippen LogP contribution in [0.2, 0.25) is 0 Å². The lowest BCUT2D eigenvalue weighted by molar-refractivity contribution is 0.112. The fraction of sp³-hybridized carbons (Fsp3) is 0.500. The molecule has 1 heterocycles. The second kappa shape index (κ2) is 5.32. The number of aldehydes is 1. The Morgan fingerprint density at radius 2 is 2.00 bits per heavy atom. The fourth-order valence-corrected chi connectivity index (χ4v) is 2.34. The van der Waals surface area contributed by atoms with Crippen LogP contribution in [0, 0.1) is 6.92 Å². The van der Waals surface area contributed by atoms with E-state index in [1.807, 2.05) is 13.0 Å². The maximum absolute atomic E-state index is 11.1. The highest BCUT2D eigenvalue weighted by Gasteiger charge is 2.15. The molecule has 0 bridgehead atoms. The standard InChI is InChI=1S/C14H20N2O/c1-12-4-5-14(13(10-12)11-17)16-7-3-6-15(2)8-9-16/h4-5,10-11H,3,6-9H2,1-2H3. The van der Waals surface area contributed by atoms with Crippen molar-refractivity contribution in [3.05, 3.63) is 29.3 Å². The molecular formula is C14H20N2O. The van der Waals surface area contributed by atoms with Crippen LogP contribution in [0.25, 0.3) is 0 Å². The van der Waals surface area contributed by atoms with Crippen LogP contribution >= 0.6 is 0 Å². The SMILES string of the molecule is Cc1ccc(N2CCCN(C)CC2)c(C=O)c1. The van der Waals surface area contributed by atoms with Crippen molar-refractivity contribution in [1.82, 2.24) is 4.90 Å². The van der Waals surface area contributed by atoms with Gasteiger partial charge in [-0.3, -0.25) is 4.79 Å². The van der Waals surface area contributed by atoms with E-state index in [2.05, 4.69) is 29.0 Å². The number of likely N-dealkylation sites (N-methyl/N-ethyl adjacent to an activating group) is 1. The minimum absolute atomic E-state index is 0.814. The van der Waals surface area contributed by atoms with Crippen LogP contribution in [0.15, 0.2) is 18.2 Å². The molecule has 0 radical (unpaired) electrons. The summed E-state index contributed by atoms with van der Waals surface area (Å²) in [6.45, 7) is 6.26. The first-order valence-corrected chi connectivity index (χ1v) is 6.20. The van der Waals surface area contributed by atoms with Gasteiger partial charge in [0.25, 0.3) is 0 Å². The van der Waals surface area contributed by atoms with Gasteiger partial charge in [0.15, 0.2) is 6.29 Å². The van der Waals surface area contributed by atoms with Crippen LogP contribution in [0.3, 0.4) is 0 Å². The first kappa shape index (κ1) is 12.1. The minimum Gasteiger partial charge on any atom is -0.370 e. The van der Waals surface area contributed by atoms with Crippen molar-refractivity contribution in [3.8, 4) is 0 Å². The molecule has 1 aliphatic heterocycles. The molecule has 0 spiro atoms. The highest BCUT2D eigenvalue weighted by Crippen LogP contribution is 2.21. The summed E-state index contributed by atoms with van der Waals surface area (Å²) in [7, 11) is 2.15. The highest BCUT2D eigenvalue weighted by atomic mass is 16.1. The van der Waals surface area contributed by atoms with Crippen molar-refractivity contribution < 1.29 is 4.79 Å². The van der Waals surface area contributed by atoms with E-state index in [-0.39, 0.29) is 0 Å². The van der Waals surface area contributed by atoms with Gasteiger partial charge >= 0.3 is 0 Å². The summed E-state index contributed by atoms with van der Waals surface area (Å²) < 4.78 is 0. The molecule has 0 atom stereocenters. The number of hydrogen-bond acceptors (Lipinski definition) is 3. The lowest BCUT2D eigenvalue weighted by Gasteiger charge is -2.24. The van der Waals surface area contributed by atoms with E-state index in [1.165, 1.54) is 0 Å². The third-order valence-electron chi connectivity index (χ3n) is 3.37. The van der Waals surface area contributed by atoms with Crippen LogP contribution in [0.4, 0.5) is 5.69 Å². The minimum atomic E-state index is 0.814. The molecule has 0 unspecified atom stereocenters. The van der Waals surface area contributed by atoms with Gasteiger partial charge in [0.05, 0.1) is 0 Å². The molecule has 92 valence electrons. The smallest absolute Gasteiger partial charge is 0.152 e. The molecule has 0 aliphatic carbocycles. The summed E-state index contributed by atoms with van der Waals surface area (Å²) >= 11 is 0. The molecule has 17 heavy (non-hydrogen) atoms. The third-order valence-corrected chi connectivity index (χ3v) is 3.37. The first-order chi connectivity index (χ1) is 8.20. The average molecular weight is 232 g/mol. The van der Waals surface area contributed by atoms with E-state index in [0.29, 0.717) is 0 Å². The summed E-state index contributed by atoms with van der Waals surface area (Å²) in [6, 6.07) is 6.12. The molecule has 3 heteroatoms. The van der Waals surface area contributed by atoms with Gasteiger partial charge in [-0.25, -0.2) is 0 Å². The van der Waals surface area contributed by atoms with Crippen molar-refractivity contribution >= 4 is 12.0 Å². The topological polar surface area (TPSA) is 23.6 Å². The quantitative estimate of drug-likeness (QED) is 0.728. The van der Waals surface area contributed by atoms with Gasteiger partial charge in [0.2, 0.25) is 0 Å². The predicted octanol–water partition coefficient (Wildman–Crippen LogP) is 1.95.